The first-order valence-corrected chi connectivity index (χ1v) is 7.13. The Hall–Kier alpha value is -1.10. The monoisotopic (exact) mass is 298 g/mol. The van der Waals surface area contributed by atoms with Crippen molar-refractivity contribution >= 4 is 23.2 Å². The predicted molar refractivity (Wildman–Crippen MR) is 83.1 cm³/mol. The van der Waals surface area contributed by atoms with Crippen LogP contribution in [0.15, 0.2) is 24.3 Å². The van der Waals surface area contributed by atoms with Crippen molar-refractivity contribution in [3.8, 4) is 0 Å². The Kier molecular flexibility index (Phi) is 5.99. The van der Waals surface area contributed by atoms with E-state index in [0.717, 1.165) is 0 Å². The van der Waals surface area contributed by atoms with E-state index >= 15 is 0 Å². The summed E-state index contributed by atoms with van der Waals surface area (Å²) in [6, 6.07) is 6.67. The summed E-state index contributed by atoms with van der Waals surface area (Å²) in [6.45, 7) is 8.41. The van der Waals surface area contributed by atoms with Crippen molar-refractivity contribution < 1.29 is 9.90 Å². The Morgan fingerprint density at radius 1 is 1.40 bits per heavy atom. The van der Waals surface area contributed by atoms with E-state index in [9.17, 15) is 9.90 Å². The summed E-state index contributed by atoms with van der Waals surface area (Å²) in [5, 5.41) is 13.4. The maximum atomic E-state index is 12.2. The molecule has 112 valence electrons. The maximum absolute atomic E-state index is 12.2. The Morgan fingerprint density at radius 3 is 2.40 bits per heavy atom. The molecule has 0 aromatic heterocycles. The largest absolute Gasteiger partial charge is 0.389 e. The molecule has 2 N–H and O–H groups in total. The molecule has 4 nitrogen and oxygen atoms in total. The quantitative estimate of drug-likeness (QED) is 0.849. The number of carbonyl (C=O) groups is 1. The van der Waals surface area contributed by atoms with Crippen LogP contribution < -0.4 is 5.32 Å². The summed E-state index contributed by atoms with van der Waals surface area (Å²) >= 11 is 5.81. The molecule has 1 unspecified atom stereocenters. The van der Waals surface area contributed by atoms with Crippen LogP contribution in [0.25, 0.3) is 0 Å². The first-order chi connectivity index (χ1) is 9.23. The lowest BCUT2D eigenvalue weighted by atomic mass is 10.1. The molecule has 1 aromatic carbocycles. The molecule has 1 rings (SSSR count). The number of anilines is 1. The van der Waals surface area contributed by atoms with E-state index in [0.29, 0.717) is 23.8 Å². The average Bonchev–Trinajstić information content (AvgIpc) is 2.36. The number of hydrogen-bond acceptors (Lipinski definition) is 3. The normalized spacial score (nSPS) is 13.3. The third kappa shape index (κ3) is 5.49. The van der Waals surface area contributed by atoms with Crippen molar-refractivity contribution in [3.05, 3.63) is 29.3 Å². The number of amides is 1. The van der Waals surface area contributed by atoms with E-state index in [1.807, 2.05) is 18.7 Å². The maximum Gasteiger partial charge on any atom is 0.241 e. The van der Waals surface area contributed by atoms with Crippen molar-refractivity contribution in [1.29, 1.82) is 0 Å². The fourth-order valence-electron chi connectivity index (χ4n) is 1.97. The number of hydrogen-bond donors (Lipinski definition) is 2. The van der Waals surface area contributed by atoms with Gasteiger partial charge in [-0.2, -0.15) is 0 Å². The molecule has 0 aliphatic heterocycles. The summed E-state index contributed by atoms with van der Waals surface area (Å²) < 4.78 is 0. The summed E-state index contributed by atoms with van der Waals surface area (Å²) in [4.78, 5) is 14.2. The molecule has 0 saturated heterocycles. The van der Waals surface area contributed by atoms with Crippen molar-refractivity contribution in [3.63, 3.8) is 0 Å². The van der Waals surface area contributed by atoms with Gasteiger partial charge in [0.25, 0.3) is 0 Å². The molecule has 0 saturated carbocycles. The van der Waals surface area contributed by atoms with Gasteiger partial charge in [-0.15, -0.1) is 0 Å². The Bertz CT molecular complexity index is 440. The minimum absolute atomic E-state index is 0.0987. The summed E-state index contributed by atoms with van der Waals surface area (Å²) in [7, 11) is 0. The van der Waals surface area contributed by atoms with Crippen LogP contribution in [0.2, 0.25) is 5.02 Å². The number of aliphatic hydroxyl groups is 1. The Balaban J connectivity index is 2.67. The Labute approximate surface area is 125 Å². The molecule has 0 heterocycles. The second-order valence-electron chi connectivity index (χ2n) is 5.55. The van der Waals surface area contributed by atoms with Gasteiger partial charge < -0.3 is 10.4 Å². The highest BCUT2D eigenvalue weighted by atomic mass is 35.5. The highest BCUT2D eigenvalue weighted by Gasteiger charge is 2.25. The van der Waals surface area contributed by atoms with Crippen molar-refractivity contribution in [2.45, 2.75) is 39.3 Å². The molecule has 0 fully saturated rings. The first-order valence-electron chi connectivity index (χ1n) is 6.76. The van der Waals surface area contributed by atoms with E-state index in [-0.39, 0.29) is 11.9 Å². The number of likely N-dealkylation sites (N-methyl/N-ethyl adjacent to an activating group) is 1. The zero-order chi connectivity index (χ0) is 15.3. The number of benzene rings is 1. The van der Waals surface area contributed by atoms with Gasteiger partial charge in [-0.25, -0.2) is 0 Å². The second-order valence-corrected chi connectivity index (χ2v) is 5.98. The van der Waals surface area contributed by atoms with Crippen LogP contribution in [0.5, 0.6) is 0 Å². The lowest BCUT2D eigenvalue weighted by molar-refractivity contribution is -0.121. The highest BCUT2D eigenvalue weighted by molar-refractivity contribution is 6.30. The van der Waals surface area contributed by atoms with Gasteiger partial charge in [-0.3, -0.25) is 9.69 Å². The predicted octanol–water partition coefficient (Wildman–Crippen LogP) is 2.76. The zero-order valence-corrected chi connectivity index (χ0v) is 13.2. The number of rotatable bonds is 6. The molecule has 0 aliphatic rings. The van der Waals surface area contributed by atoms with E-state index < -0.39 is 5.60 Å². The van der Waals surface area contributed by atoms with Crippen LogP contribution in [-0.2, 0) is 4.79 Å². The van der Waals surface area contributed by atoms with Crippen molar-refractivity contribution in [1.82, 2.24) is 4.90 Å². The number of nitrogens with one attached hydrogen (secondary N) is 1. The summed E-state index contributed by atoms with van der Waals surface area (Å²) in [6.07, 6.45) is 0. The fourth-order valence-corrected chi connectivity index (χ4v) is 2.09. The van der Waals surface area contributed by atoms with Crippen LogP contribution in [0, 0.1) is 0 Å². The van der Waals surface area contributed by atoms with Crippen molar-refractivity contribution in [2.24, 2.45) is 0 Å². The second kappa shape index (κ2) is 7.07. The minimum Gasteiger partial charge on any atom is -0.389 e. The van der Waals surface area contributed by atoms with Crippen LogP contribution in [-0.4, -0.2) is 40.6 Å². The van der Waals surface area contributed by atoms with Gasteiger partial charge in [0, 0.05) is 17.3 Å². The topological polar surface area (TPSA) is 52.6 Å². The molecule has 1 atom stereocenters. The lowest BCUT2D eigenvalue weighted by Crippen LogP contribution is -2.48. The van der Waals surface area contributed by atoms with Gasteiger partial charge in [0.2, 0.25) is 5.91 Å². The van der Waals surface area contributed by atoms with Crippen molar-refractivity contribution in [2.75, 3.05) is 18.4 Å². The van der Waals surface area contributed by atoms with Gasteiger partial charge in [-0.05, 0) is 51.6 Å². The molecule has 20 heavy (non-hydrogen) atoms. The molecule has 0 spiro atoms. The highest BCUT2D eigenvalue weighted by Crippen LogP contribution is 2.15. The van der Waals surface area contributed by atoms with Crippen LogP contribution in [0.3, 0.4) is 0 Å². The van der Waals surface area contributed by atoms with Crippen LogP contribution in [0.1, 0.15) is 27.7 Å². The van der Waals surface area contributed by atoms with Gasteiger partial charge in [0.1, 0.15) is 0 Å². The number of carbonyl (C=O) groups excluding carboxylic acids is 1. The van der Waals surface area contributed by atoms with E-state index in [1.165, 1.54) is 0 Å². The molecule has 0 aliphatic carbocycles. The van der Waals surface area contributed by atoms with Gasteiger partial charge >= 0.3 is 0 Å². The third-order valence-corrected chi connectivity index (χ3v) is 3.29. The van der Waals surface area contributed by atoms with Gasteiger partial charge in [-0.1, -0.05) is 18.5 Å². The van der Waals surface area contributed by atoms with Gasteiger partial charge in [0.15, 0.2) is 0 Å². The Morgan fingerprint density at radius 2 is 1.95 bits per heavy atom. The van der Waals surface area contributed by atoms with E-state index in [2.05, 4.69) is 5.32 Å². The molecular formula is C15H23ClN2O2. The van der Waals surface area contributed by atoms with E-state index in [4.69, 9.17) is 11.6 Å². The van der Waals surface area contributed by atoms with E-state index in [1.54, 1.807) is 38.1 Å². The molecule has 1 aromatic rings. The minimum atomic E-state index is -0.829. The fraction of sp³-hybridized carbons (Fsp3) is 0.533. The zero-order valence-electron chi connectivity index (χ0n) is 12.5. The first kappa shape index (κ1) is 17.0. The molecule has 5 heteroatoms. The smallest absolute Gasteiger partial charge is 0.241 e. The van der Waals surface area contributed by atoms with Crippen LogP contribution in [0.4, 0.5) is 5.69 Å². The average molecular weight is 299 g/mol. The number of halogens is 1. The standard InChI is InChI=1S/C15H23ClN2O2/c1-5-18(10-15(3,4)20)11(2)14(19)17-13-8-6-12(16)7-9-13/h6-9,11,20H,5,10H2,1-4H3,(H,17,19). The molecular weight excluding hydrogens is 276 g/mol. The molecule has 1 amide bonds. The molecule has 0 radical (unpaired) electrons. The van der Waals surface area contributed by atoms with Gasteiger partial charge in [0.05, 0.1) is 11.6 Å². The SMILES string of the molecule is CCN(CC(C)(C)O)C(C)C(=O)Nc1ccc(Cl)cc1. The summed E-state index contributed by atoms with van der Waals surface area (Å²) in [5.41, 5.74) is -0.115. The summed E-state index contributed by atoms with van der Waals surface area (Å²) in [5.74, 6) is -0.0987. The number of nitrogens with zero attached hydrogens (tertiary/aromatic N) is 1. The third-order valence-electron chi connectivity index (χ3n) is 3.04. The lowest BCUT2D eigenvalue weighted by Gasteiger charge is -2.32. The van der Waals surface area contributed by atoms with Crippen LogP contribution >= 0.6 is 11.6 Å². The molecule has 0 bridgehead atoms.